The van der Waals surface area contributed by atoms with Gasteiger partial charge in [0.05, 0.1) is 22.8 Å². The minimum absolute atomic E-state index is 0.153. The SMILES string of the molecule is N#CCN(CC#N)C(=O)CCS(=O)(=O)c1ccccc1. The molecular weight excluding hydrogens is 278 g/mol. The Morgan fingerprint density at radius 2 is 1.65 bits per heavy atom. The van der Waals surface area contributed by atoms with E-state index in [1.165, 1.54) is 12.1 Å². The van der Waals surface area contributed by atoms with E-state index in [2.05, 4.69) is 0 Å². The summed E-state index contributed by atoms with van der Waals surface area (Å²) in [7, 11) is -3.53. The van der Waals surface area contributed by atoms with E-state index in [1.54, 1.807) is 30.3 Å². The molecule has 0 unspecified atom stereocenters. The Bertz CT molecular complexity index is 626. The first-order valence-electron chi connectivity index (χ1n) is 5.80. The predicted octanol–water partition coefficient (Wildman–Crippen LogP) is 0.726. The van der Waals surface area contributed by atoms with E-state index in [0.29, 0.717) is 0 Å². The monoisotopic (exact) mass is 291 g/mol. The molecule has 0 aliphatic rings. The van der Waals surface area contributed by atoms with Crippen LogP contribution in [0.4, 0.5) is 0 Å². The van der Waals surface area contributed by atoms with Crippen LogP contribution in [0.2, 0.25) is 0 Å². The molecule has 0 saturated heterocycles. The largest absolute Gasteiger partial charge is 0.316 e. The van der Waals surface area contributed by atoms with Gasteiger partial charge in [-0.25, -0.2) is 8.42 Å². The first kappa shape index (κ1) is 15.7. The smallest absolute Gasteiger partial charge is 0.225 e. The highest BCUT2D eigenvalue weighted by Gasteiger charge is 2.19. The van der Waals surface area contributed by atoms with Gasteiger partial charge in [0.2, 0.25) is 5.91 Å². The van der Waals surface area contributed by atoms with Crippen molar-refractivity contribution in [2.24, 2.45) is 0 Å². The van der Waals surface area contributed by atoms with Crippen LogP contribution in [0.15, 0.2) is 35.2 Å². The summed E-state index contributed by atoms with van der Waals surface area (Å²) in [6.45, 7) is -0.449. The highest BCUT2D eigenvalue weighted by Crippen LogP contribution is 2.11. The molecule has 0 fully saturated rings. The van der Waals surface area contributed by atoms with Crippen molar-refractivity contribution in [2.75, 3.05) is 18.8 Å². The van der Waals surface area contributed by atoms with E-state index < -0.39 is 15.7 Å². The van der Waals surface area contributed by atoms with Gasteiger partial charge in [0.25, 0.3) is 0 Å². The molecule has 6 nitrogen and oxygen atoms in total. The average Bonchev–Trinajstić information content (AvgIpc) is 2.45. The fourth-order valence-corrected chi connectivity index (χ4v) is 2.78. The van der Waals surface area contributed by atoms with Crippen molar-refractivity contribution in [1.82, 2.24) is 4.90 Å². The second-order valence-electron chi connectivity index (χ2n) is 3.95. The topological polar surface area (TPSA) is 102 Å². The first-order chi connectivity index (χ1) is 9.51. The van der Waals surface area contributed by atoms with Gasteiger partial charge in [0.15, 0.2) is 9.84 Å². The highest BCUT2D eigenvalue weighted by atomic mass is 32.2. The van der Waals surface area contributed by atoms with Crippen LogP contribution in [0.1, 0.15) is 6.42 Å². The lowest BCUT2D eigenvalue weighted by molar-refractivity contribution is -0.129. The summed E-state index contributed by atoms with van der Waals surface area (Å²) in [5, 5.41) is 17.1. The molecule has 0 N–H and O–H groups in total. The number of nitrogens with zero attached hydrogens (tertiary/aromatic N) is 3. The molecule has 0 saturated carbocycles. The Hall–Kier alpha value is -2.38. The Labute approximate surface area is 117 Å². The van der Waals surface area contributed by atoms with Gasteiger partial charge in [-0.1, -0.05) is 18.2 Å². The van der Waals surface area contributed by atoms with Gasteiger partial charge in [-0.05, 0) is 12.1 Å². The fourth-order valence-electron chi connectivity index (χ4n) is 1.53. The number of carbonyl (C=O) groups is 1. The Morgan fingerprint density at radius 1 is 1.10 bits per heavy atom. The fraction of sp³-hybridized carbons (Fsp3) is 0.308. The summed E-state index contributed by atoms with van der Waals surface area (Å²) in [4.78, 5) is 12.9. The number of amides is 1. The summed E-state index contributed by atoms with van der Waals surface area (Å²) in [5.41, 5.74) is 0. The van der Waals surface area contributed by atoms with E-state index in [0.717, 1.165) is 4.90 Å². The molecule has 7 heteroatoms. The maximum atomic E-state index is 12.0. The maximum Gasteiger partial charge on any atom is 0.225 e. The van der Waals surface area contributed by atoms with Crippen LogP contribution in [0, 0.1) is 22.7 Å². The number of rotatable bonds is 6. The Morgan fingerprint density at radius 3 is 2.15 bits per heavy atom. The van der Waals surface area contributed by atoms with Crippen LogP contribution in [-0.4, -0.2) is 38.1 Å². The molecule has 1 amide bonds. The predicted molar refractivity (Wildman–Crippen MR) is 70.9 cm³/mol. The Balaban J connectivity index is 2.69. The minimum Gasteiger partial charge on any atom is -0.316 e. The van der Waals surface area contributed by atoms with Gasteiger partial charge in [0, 0.05) is 6.42 Å². The zero-order valence-corrected chi connectivity index (χ0v) is 11.5. The van der Waals surface area contributed by atoms with Gasteiger partial charge >= 0.3 is 0 Å². The summed E-state index contributed by atoms with van der Waals surface area (Å²) >= 11 is 0. The van der Waals surface area contributed by atoms with E-state index in [1.807, 2.05) is 0 Å². The summed E-state index contributed by atoms with van der Waals surface area (Å²) < 4.78 is 23.9. The van der Waals surface area contributed by atoms with Crippen LogP contribution in [0.3, 0.4) is 0 Å². The van der Waals surface area contributed by atoms with Crippen LogP contribution in [-0.2, 0) is 14.6 Å². The molecule has 0 bridgehead atoms. The number of carbonyl (C=O) groups excluding carboxylic acids is 1. The molecule has 0 heterocycles. The molecule has 1 aromatic rings. The van der Waals surface area contributed by atoms with Crippen molar-refractivity contribution in [3.63, 3.8) is 0 Å². The third kappa shape index (κ3) is 4.38. The second-order valence-corrected chi connectivity index (χ2v) is 6.06. The second kappa shape index (κ2) is 7.27. The number of benzene rings is 1. The van der Waals surface area contributed by atoms with Crippen molar-refractivity contribution in [3.8, 4) is 12.1 Å². The van der Waals surface area contributed by atoms with Crippen LogP contribution in [0.5, 0.6) is 0 Å². The first-order valence-corrected chi connectivity index (χ1v) is 7.46. The minimum atomic E-state index is -3.53. The van der Waals surface area contributed by atoms with E-state index in [9.17, 15) is 13.2 Å². The van der Waals surface area contributed by atoms with Crippen LogP contribution < -0.4 is 0 Å². The van der Waals surface area contributed by atoms with Crippen molar-refractivity contribution >= 4 is 15.7 Å². The zero-order chi connectivity index (χ0) is 15.0. The number of hydrogen-bond donors (Lipinski definition) is 0. The summed E-state index contributed by atoms with van der Waals surface area (Å²) in [6.07, 6.45) is -0.249. The molecule has 0 atom stereocenters. The van der Waals surface area contributed by atoms with Gasteiger partial charge in [-0.2, -0.15) is 10.5 Å². The number of nitriles is 2. The lowest BCUT2D eigenvalue weighted by atomic mass is 10.4. The summed E-state index contributed by atoms with van der Waals surface area (Å²) in [5.74, 6) is -0.865. The van der Waals surface area contributed by atoms with Gasteiger partial charge in [-0.3, -0.25) is 4.79 Å². The third-order valence-electron chi connectivity index (χ3n) is 2.56. The average molecular weight is 291 g/mol. The van der Waals surface area contributed by atoms with Crippen molar-refractivity contribution in [1.29, 1.82) is 10.5 Å². The lowest BCUT2D eigenvalue weighted by Crippen LogP contribution is -2.33. The van der Waals surface area contributed by atoms with Crippen LogP contribution in [0.25, 0.3) is 0 Å². The number of hydrogen-bond acceptors (Lipinski definition) is 5. The highest BCUT2D eigenvalue weighted by molar-refractivity contribution is 7.91. The molecular formula is C13H13N3O3S. The van der Waals surface area contributed by atoms with Crippen LogP contribution >= 0.6 is 0 Å². The third-order valence-corrected chi connectivity index (χ3v) is 4.29. The molecule has 20 heavy (non-hydrogen) atoms. The van der Waals surface area contributed by atoms with E-state index in [4.69, 9.17) is 10.5 Å². The Kier molecular flexibility index (Phi) is 5.70. The molecule has 1 rings (SSSR count). The van der Waals surface area contributed by atoms with Crippen molar-refractivity contribution < 1.29 is 13.2 Å². The van der Waals surface area contributed by atoms with E-state index >= 15 is 0 Å². The molecule has 104 valence electrons. The number of sulfone groups is 1. The van der Waals surface area contributed by atoms with Gasteiger partial charge in [0.1, 0.15) is 13.1 Å². The molecule has 0 radical (unpaired) electrons. The van der Waals surface area contributed by atoms with Crippen molar-refractivity contribution in [2.45, 2.75) is 11.3 Å². The molecule has 0 aliphatic heterocycles. The molecule has 0 spiro atoms. The quantitative estimate of drug-likeness (QED) is 0.719. The normalized spacial score (nSPS) is 10.3. The summed E-state index contributed by atoms with van der Waals surface area (Å²) in [6, 6.07) is 11.4. The lowest BCUT2D eigenvalue weighted by Gasteiger charge is -2.15. The van der Waals surface area contributed by atoms with E-state index in [-0.39, 0.29) is 30.2 Å². The molecule has 0 aliphatic carbocycles. The zero-order valence-electron chi connectivity index (χ0n) is 10.7. The maximum absolute atomic E-state index is 12.0. The molecule has 1 aromatic carbocycles. The standard InChI is InChI=1S/C13H13N3O3S/c14-7-9-16(10-8-15)13(17)6-11-20(18,19)12-4-2-1-3-5-12/h1-5H,6,9-11H2. The van der Waals surface area contributed by atoms with Crippen molar-refractivity contribution in [3.05, 3.63) is 30.3 Å². The molecule has 0 aromatic heterocycles. The van der Waals surface area contributed by atoms with Gasteiger partial charge in [-0.15, -0.1) is 0 Å². The van der Waals surface area contributed by atoms with Gasteiger partial charge < -0.3 is 4.90 Å².